The summed E-state index contributed by atoms with van der Waals surface area (Å²) in [5.41, 5.74) is 13.7. The quantitative estimate of drug-likeness (QED) is 0.190. The van der Waals surface area contributed by atoms with E-state index in [1.54, 1.807) is 0 Å². The Morgan fingerprint density at radius 3 is 1.61 bits per heavy atom. The fourth-order valence-electron chi connectivity index (χ4n) is 8.10. The van der Waals surface area contributed by atoms with Crippen LogP contribution in [0.1, 0.15) is 0 Å². The predicted octanol–water partition coefficient (Wildman–Crippen LogP) is 13.6. The van der Waals surface area contributed by atoms with Gasteiger partial charge >= 0.3 is 0 Å². The van der Waals surface area contributed by atoms with E-state index in [0.717, 1.165) is 71.7 Å². The number of aromatic nitrogens is 1. The molecule has 51 heavy (non-hydrogen) atoms. The summed E-state index contributed by atoms with van der Waals surface area (Å²) in [5, 5.41) is 6.80. The molecule has 0 aliphatic heterocycles. The summed E-state index contributed by atoms with van der Waals surface area (Å²) < 4.78 is 15.7. The molecule has 3 aromatic heterocycles. The van der Waals surface area contributed by atoms with Gasteiger partial charge in [0.05, 0.1) is 16.7 Å². The summed E-state index contributed by atoms with van der Waals surface area (Å²) in [6.45, 7) is 0. The fraction of sp³-hybridized carbons (Fsp3) is 0. The Hall–Kier alpha value is -6.84. The Morgan fingerprint density at radius 2 is 0.882 bits per heavy atom. The Bertz CT molecular complexity index is 3030. The molecule has 11 rings (SSSR count). The number of benzene rings is 8. The van der Waals surface area contributed by atoms with Gasteiger partial charge in [0, 0.05) is 37.9 Å². The van der Waals surface area contributed by atoms with Crippen LogP contribution >= 0.6 is 0 Å². The SMILES string of the molecule is c1ccc(-c2ccc3c(c2)c2cc(-c4ccccc4)ccc2n3-c2cccc3c2oc2cccc(-c4cccc5c4oc4ccccc45)c23)cc1. The predicted molar refractivity (Wildman–Crippen MR) is 212 cm³/mol. The summed E-state index contributed by atoms with van der Waals surface area (Å²) in [6, 6.07) is 62.4. The van der Waals surface area contributed by atoms with E-state index < -0.39 is 0 Å². The third-order valence-electron chi connectivity index (χ3n) is 10.4. The van der Waals surface area contributed by atoms with Crippen molar-refractivity contribution in [3.8, 4) is 39.1 Å². The van der Waals surface area contributed by atoms with E-state index >= 15 is 0 Å². The largest absolute Gasteiger partial charge is 0.455 e. The molecule has 0 saturated heterocycles. The molecule has 8 aromatic carbocycles. The van der Waals surface area contributed by atoms with Gasteiger partial charge in [-0.15, -0.1) is 0 Å². The molecule has 238 valence electrons. The molecule has 11 aromatic rings. The molecule has 0 bridgehead atoms. The number of fused-ring (bicyclic) bond motifs is 9. The van der Waals surface area contributed by atoms with Gasteiger partial charge < -0.3 is 13.4 Å². The van der Waals surface area contributed by atoms with Crippen molar-refractivity contribution in [3.63, 3.8) is 0 Å². The summed E-state index contributed by atoms with van der Waals surface area (Å²) in [6.07, 6.45) is 0. The zero-order valence-corrected chi connectivity index (χ0v) is 27.5. The van der Waals surface area contributed by atoms with Gasteiger partial charge in [-0.25, -0.2) is 0 Å². The molecule has 3 heterocycles. The average Bonchev–Trinajstić information content (AvgIpc) is 3.88. The van der Waals surface area contributed by atoms with Crippen molar-refractivity contribution >= 4 is 65.7 Å². The highest BCUT2D eigenvalue weighted by atomic mass is 16.3. The maximum absolute atomic E-state index is 6.87. The molecular weight excluding hydrogens is 623 g/mol. The molecule has 0 radical (unpaired) electrons. The molecule has 0 fully saturated rings. The number of furan rings is 2. The zero-order valence-electron chi connectivity index (χ0n) is 27.5. The van der Waals surface area contributed by atoms with Gasteiger partial charge in [-0.05, 0) is 70.3 Å². The minimum Gasteiger partial charge on any atom is -0.455 e. The molecule has 3 heteroatoms. The van der Waals surface area contributed by atoms with Crippen molar-refractivity contribution in [1.82, 2.24) is 4.57 Å². The Balaban J connectivity index is 1.18. The van der Waals surface area contributed by atoms with Crippen LogP contribution in [0, 0.1) is 0 Å². The van der Waals surface area contributed by atoms with Crippen molar-refractivity contribution in [3.05, 3.63) is 176 Å². The van der Waals surface area contributed by atoms with E-state index in [1.807, 2.05) is 12.1 Å². The highest BCUT2D eigenvalue weighted by molar-refractivity contribution is 6.19. The topological polar surface area (TPSA) is 31.2 Å². The van der Waals surface area contributed by atoms with Gasteiger partial charge in [0.2, 0.25) is 0 Å². The lowest BCUT2D eigenvalue weighted by Crippen LogP contribution is -1.94. The third kappa shape index (κ3) is 4.19. The summed E-state index contributed by atoms with van der Waals surface area (Å²) >= 11 is 0. The van der Waals surface area contributed by atoms with Crippen LogP contribution in [-0.2, 0) is 0 Å². The lowest BCUT2D eigenvalue weighted by Gasteiger charge is -2.10. The van der Waals surface area contributed by atoms with Gasteiger partial charge in [-0.3, -0.25) is 0 Å². The second-order valence-corrected chi connectivity index (χ2v) is 13.2. The molecule has 0 amide bonds. The van der Waals surface area contributed by atoms with E-state index in [-0.39, 0.29) is 0 Å². The van der Waals surface area contributed by atoms with E-state index in [9.17, 15) is 0 Å². The van der Waals surface area contributed by atoms with Gasteiger partial charge in [0.1, 0.15) is 16.7 Å². The van der Waals surface area contributed by atoms with Crippen LogP contribution in [0.4, 0.5) is 0 Å². The lowest BCUT2D eigenvalue weighted by molar-refractivity contribution is 0.666. The van der Waals surface area contributed by atoms with E-state index in [0.29, 0.717) is 0 Å². The van der Waals surface area contributed by atoms with Crippen molar-refractivity contribution in [2.24, 2.45) is 0 Å². The molecule has 0 unspecified atom stereocenters. The van der Waals surface area contributed by atoms with E-state index in [1.165, 1.54) is 33.0 Å². The van der Waals surface area contributed by atoms with Crippen LogP contribution in [0.15, 0.2) is 185 Å². The maximum atomic E-state index is 6.87. The average molecular weight is 652 g/mol. The Morgan fingerprint density at radius 1 is 0.333 bits per heavy atom. The normalized spacial score (nSPS) is 11.9. The number of hydrogen-bond donors (Lipinski definition) is 0. The van der Waals surface area contributed by atoms with Gasteiger partial charge in [-0.2, -0.15) is 0 Å². The summed E-state index contributed by atoms with van der Waals surface area (Å²) in [7, 11) is 0. The summed E-state index contributed by atoms with van der Waals surface area (Å²) in [4.78, 5) is 0. The van der Waals surface area contributed by atoms with Crippen molar-refractivity contribution < 1.29 is 8.83 Å². The minimum atomic E-state index is 0.849. The van der Waals surface area contributed by atoms with E-state index in [4.69, 9.17) is 8.83 Å². The lowest BCUT2D eigenvalue weighted by atomic mass is 9.97. The molecule has 0 saturated carbocycles. The second-order valence-electron chi connectivity index (χ2n) is 13.2. The Labute approximate surface area is 293 Å². The standard InChI is InChI=1S/C48H29NO2/c1-3-12-30(13-4-1)32-24-26-41-39(28-32)40-29-33(31-14-5-2-6-15-31)25-27-42(40)49(41)43-21-10-20-38-46-35(17-11-23-45(46)51-48(38)43)37-19-9-18-36-34-16-7-8-22-44(34)50-47(36)37/h1-29H. The monoisotopic (exact) mass is 651 g/mol. The van der Waals surface area contributed by atoms with Gasteiger partial charge in [-0.1, -0.05) is 133 Å². The van der Waals surface area contributed by atoms with Crippen LogP contribution in [0.3, 0.4) is 0 Å². The van der Waals surface area contributed by atoms with Gasteiger partial charge in [0.15, 0.2) is 5.58 Å². The highest BCUT2D eigenvalue weighted by Gasteiger charge is 2.21. The number of hydrogen-bond acceptors (Lipinski definition) is 2. The molecule has 3 nitrogen and oxygen atoms in total. The first kappa shape index (κ1) is 28.0. The first-order chi connectivity index (χ1) is 25.3. The van der Waals surface area contributed by atoms with Crippen molar-refractivity contribution in [1.29, 1.82) is 0 Å². The molecule has 0 spiro atoms. The molecule has 0 N–H and O–H groups in total. The summed E-state index contributed by atoms with van der Waals surface area (Å²) in [5.74, 6) is 0. The zero-order chi connectivity index (χ0) is 33.5. The van der Waals surface area contributed by atoms with Crippen LogP contribution in [0.25, 0.3) is 105 Å². The molecule has 0 aliphatic carbocycles. The van der Waals surface area contributed by atoms with E-state index in [2.05, 4.69) is 168 Å². The minimum absolute atomic E-state index is 0.849. The van der Waals surface area contributed by atoms with Crippen LogP contribution in [-0.4, -0.2) is 4.57 Å². The molecular formula is C48H29NO2. The fourth-order valence-corrected chi connectivity index (χ4v) is 8.10. The third-order valence-corrected chi connectivity index (χ3v) is 10.4. The number of rotatable bonds is 4. The Kier molecular flexibility index (Phi) is 5.96. The highest BCUT2D eigenvalue weighted by Crippen LogP contribution is 2.44. The van der Waals surface area contributed by atoms with Crippen molar-refractivity contribution in [2.45, 2.75) is 0 Å². The first-order valence-corrected chi connectivity index (χ1v) is 17.3. The van der Waals surface area contributed by atoms with Crippen LogP contribution < -0.4 is 0 Å². The smallest absolute Gasteiger partial charge is 0.159 e. The second kappa shape index (κ2) is 10.8. The van der Waals surface area contributed by atoms with Crippen molar-refractivity contribution in [2.75, 3.05) is 0 Å². The number of nitrogens with zero attached hydrogens (tertiary/aromatic N) is 1. The number of para-hydroxylation sites is 3. The first-order valence-electron chi connectivity index (χ1n) is 17.3. The van der Waals surface area contributed by atoms with Crippen LogP contribution in [0.2, 0.25) is 0 Å². The molecule has 0 aliphatic rings. The molecule has 0 atom stereocenters. The van der Waals surface area contributed by atoms with Crippen LogP contribution in [0.5, 0.6) is 0 Å². The maximum Gasteiger partial charge on any atom is 0.159 e. The van der Waals surface area contributed by atoms with Gasteiger partial charge in [0.25, 0.3) is 0 Å².